The highest BCUT2D eigenvalue weighted by Crippen LogP contribution is 1.88. The Bertz CT molecular complexity index is 162. The smallest absolute Gasteiger partial charge is 0.291 e. The van der Waals surface area contributed by atoms with E-state index >= 15 is 0 Å². The summed E-state index contributed by atoms with van der Waals surface area (Å²) < 4.78 is 0. The zero-order valence-electron chi connectivity index (χ0n) is 7.71. The molecule has 0 aliphatic rings. The van der Waals surface area contributed by atoms with Crippen molar-refractivity contribution in [2.75, 3.05) is 28.3 Å². The van der Waals surface area contributed by atoms with Crippen LogP contribution in [0.2, 0.25) is 0 Å². The molecule has 0 aliphatic carbocycles. The van der Waals surface area contributed by atoms with Crippen molar-refractivity contribution in [1.82, 2.24) is 15.5 Å². The van der Waals surface area contributed by atoms with Gasteiger partial charge in [0, 0.05) is 21.1 Å². The number of hydrogen-bond acceptors (Lipinski definition) is 4. The third kappa shape index (κ3) is 2.48. The van der Waals surface area contributed by atoms with Crippen molar-refractivity contribution in [2.45, 2.75) is 0 Å². The number of carbonyl (C=O) groups is 1. The zero-order valence-corrected chi connectivity index (χ0v) is 7.71. The van der Waals surface area contributed by atoms with Crippen LogP contribution >= 0.6 is 0 Å². The second kappa shape index (κ2) is 4.68. The van der Waals surface area contributed by atoms with Crippen LogP contribution in [-0.4, -0.2) is 50.1 Å². The molecular weight excluding hydrogens is 160 g/mol. The molecule has 0 aromatic rings. The summed E-state index contributed by atoms with van der Waals surface area (Å²) in [5.74, 6) is -0.684. The SMILES string of the molecule is CNN(C)C(=N)C(=O)N(C)OC. The fraction of sp³-hybridized carbons (Fsp3) is 0.667. The lowest BCUT2D eigenvalue weighted by Crippen LogP contribution is -2.45. The van der Waals surface area contributed by atoms with Crippen molar-refractivity contribution in [2.24, 2.45) is 0 Å². The fourth-order valence-electron chi connectivity index (χ4n) is 0.487. The van der Waals surface area contributed by atoms with Crippen LogP contribution in [0, 0.1) is 5.41 Å². The third-order valence-corrected chi connectivity index (χ3v) is 1.43. The number of nitrogens with zero attached hydrogens (tertiary/aromatic N) is 2. The van der Waals surface area contributed by atoms with E-state index in [1.807, 2.05) is 0 Å². The molecule has 0 fully saturated rings. The van der Waals surface area contributed by atoms with E-state index in [0.29, 0.717) is 0 Å². The van der Waals surface area contributed by atoms with Gasteiger partial charge in [-0.1, -0.05) is 0 Å². The van der Waals surface area contributed by atoms with Crippen LogP contribution < -0.4 is 5.43 Å². The lowest BCUT2D eigenvalue weighted by atomic mass is 10.5. The summed E-state index contributed by atoms with van der Waals surface area (Å²) in [6, 6.07) is 0. The van der Waals surface area contributed by atoms with Crippen molar-refractivity contribution < 1.29 is 9.63 Å². The monoisotopic (exact) mass is 174 g/mol. The van der Waals surface area contributed by atoms with Gasteiger partial charge in [-0.3, -0.25) is 20.1 Å². The molecule has 0 heterocycles. The molecule has 0 atom stereocenters. The van der Waals surface area contributed by atoms with Gasteiger partial charge < -0.3 is 0 Å². The summed E-state index contributed by atoms with van der Waals surface area (Å²) in [4.78, 5) is 15.8. The van der Waals surface area contributed by atoms with E-state index in [9.17, 15) is 4.79 Å². The lowest BCUT2D eigenvalue weighted by Gasteiger charge is -2.20. The lowest BCUT2D eigenvalue weighted by molar-refractivity contribution is -0.161. The Hall–Kier alpha value is -1.14. The van der Waals surface area contributed by atoms with Crippen LogP contribution in [0.3, 0.4) is 0 Å². The number of likely N-dealkylation sites (N-methyl/N-ethyl adjacent to an activating group) is 2. The minimum Gasteiger partial charge on any atom is -0.291 e. The standard InChI is InChI=1S/C6H14N4O2/c1-8-9(2)5(7)6(11)10(3)12-4/h7-8H,1-4H3. The summed E-state index contributed by atoms with van der Waals surface area (Å²) in [6.07, 6.45) is 0. The molecule has 0 aliphatic heterocycles. The van der Waals surface area contributed by atoms with Crippen molar-refractivity contribution in [1.29, 1.82) is 5.41 Å². The van der Waals surface area contributed by atoms with Gasteiger partial charge in [-0.2, -0.15) is 0 Å². The number of nitrogens with one attached hydrogen (secondary N) is 2. The quantitative estimate of drug-likeness (QED) is 0.322. The van der Waals surface area contributed by atoms with Crippen LogP contribution in [0.1, 0.15) is 0 Å². The average molecular weight is 174 g/mol. The van der Waals surface area contributed by atoms with E-state index in [1.165, 1.54) is 19.2 Å². The number of hydroxylamine groups is 2. The highest BCUT2D eigenvalue weighted by Gasteiger charge is 2.17. The van der Waals surface area contributed by atoms with Gasteiger partial charge in [-0.05, 0) is 0 Å². The van der Waals surface area contributed by atoms with Crippen LogP contribution in [0.5, 0.6) is 0 Å². The predicted octanol–water partition coefficient (Wildman–Crippen LogP) is -0.950. The molecule has 0 saturated heterocycles. The first-order valence-electron chi connectivity index (χ1n) is 3.36. The number of hydrogen-bond donors (Lipinski definition) is 2. The Kier molecular flexibility index (Phi) is 4.24. The van der Waals surface area contributed by atoms with Crippen LogP contribution in [-0.2, 0) is 9.63 Å². The Morgan fingerprint density at radius 2 is 2.00 bits per heavy atom. The second-order valence-corrected chi connectivity index (χ2v) is 2.12. The van der Waals surface area contributed by atoms with E-state index < -0.39 is 5.91 Å². The van der Waals surface area contributed by atoms with Gasteiger partial charge in [-0.25, -0.2) is 10.5 Å². The Morgan fingerprint density at radius 3 is 2.33 bits per heavy atom. The highest BCUT2D eigenvalue weighted by atomic mass is 16.7. The first-order valence-corrected chi connectivity index (χ1v) is 3.36. The minimum absolute atomic E-state index is 0.179. The molecule has 0 aromatic carbocycles. The normalized spacial score (nSPS) is 9.33. The summed E-state index contributed by atoms with van der Waals surface area (Å²) in [7, 11) is 6.00. The molecule has 6 nitrogen and oxygen atoms in total. The molecule has 0 radical (unpaired) electrons. The summed E-state index contributed by atoms with van der Waals surface area (Å²) in [5, 5.41) is 9.60. The maximum absolute atomic E-state index is 11.2. The molecule has 0 rings (SSSR count). The van der Waals surface area contributed by atoms with Crippen LogP contribution in [0.4, 0.5) is 0 Å². The van der Waals surface area contributed by atoms with Crippen LogP contribution in [0.15, 0.2) is 0 Å². The molecule has 0 saturated carbocycles. The van der Waals surface area contributed by atoms with E-state index in [-0.39, 0.29) is 5.84 Å². The van der Waals surface area contributed by atoms with Gasteiger partial charge in [0.15, 0.2) is 0 Å². The van der Waals surface area contributed by atoms with Gasteiger partial charge in [0.05, 0.1) is 7.11 Å². The van der Waals surface area contributed by atoms with Crippen molar-refractivity contribution >= 4 is 11.7 Å². The molecule has 0 aromatic heterocycles. The Balaban J connectivity index is 4.19. The van der Waals surface area contributed by atoms with Crippen LogP contribution in [0.25, 0.3) is 0 Å². The summed E-state index contributed by atoms with van der Waals surface area (Å²) in [6.45, 7) is 0. The maximum Gasteiger partial charge on any atom is 0.313 e. The van der Waals surface area contributed by atoms with E-state index in [0.717, 1.165) is 5.06 Å². The molecule has 0 unspecified atom stereocenters. The van der Waals surface area contributed by atoms with Crippen molar-refractivity contribution in [3.05, 3.63) is 0 Å². The summed E-state index contributed by atoms with van der Waals surface area (Å²) in [5.41, 5.74) is 2.63. The van der Waals surface area contributed by atoms with Gasteiger partial charge in [0.25, 0.3) is 0 Å². The van der Waals surface area contributed by atoms with Crippen molar-refractivity contribution in [3.8, 4) is 0 Å². The van der Waals surface area contributed by atoms with Gasteiger partial charge in [-0.15, -0.1) is 0 Å². The van der Waals surface area contributed by atoms with Crippen molar-refractivity contribution in [3.63, 3.8) is 0 Å². The van der Waals surface area contributed by atoms with Gasteiger partial charge in [0.2, 0.25) is 5.84 Å². The molecule has 0 bridgehead atoms. The highest BCUT2D eigenvalue weighted by molar-refractivity contribution is 6.35. The molecular formula is C6H14N4O2. The number of rotatable bonds is 2. The molecule has 70 valence electrons. The van der Waals surface area contributed by atoms with E-state index in [1.54, 1.807) is 14.1 Å². The zero-order chi connectivity index (χ0) is 9.72. The molecule has 12 heavy (non-hydrogen) atoms. The number of carbonyl (C=O) groups excluding carboxylic acids is 1. The largest absolute Gasteiger partial charge is 0.313 e. The number of amides is 1. The van der Waals surface area contributed by atoms with Gasteiger partial charge >= 0.3 is 5.91 Å². The molecule has 1 amide bonds. The van der Waals surface area contributed by atoms with E-state index in [4.69, 9.17) is 5.41 Å². The minimum atomic E-state index is -0.505. The molecule has 2 N–H and O–H groups in total. The molecule has 6 heteroatoms. The fourth-order valence-corrected chi connectivity index (χ4v) is 0.487. The first-order chi connectivity index (χ1) is 5.54. The second-order valence-electron chi connectivity index (χ2n) is 2.12. The number of hydrazine groups is 1. The maximum atomic E-state index is 11.2. The average Bonchev–Trinajstić information content (AvgIpc) is 2.12. The van der Waals surface area contributed by atoms with E-state index in [2.05, 4.69) is 10.3 Å². The Labute approximate surface area is 71.5 Å². The predicted molar refractivity (Wildman–Crippen MR) is 44.3 cm³/mol. The van der Waals surface area contributed by atoms with Gasteiger partial charge in [0.1, 0.15) is 0 Å². The third-order valence-electron chi connectivity index (χ3n) is 1.43. The first kappa shape index (κ1) is 10.9. The molecule has 0 spiro atoms. The summed E-state index contributed by atoms with van der Waals surface area (Å²) >= 11 is 0. The topological polar surface area (TPSA) is 68.7 Å². The number of amidine groups is 1. The Morgan fingerprint density at radius 1 is 1.50 bits per heavy atom.